The van der Waals surface area contributed by atoms with Crippen LogP contribution in [-0.4, -0.2) is 25.3 Å². The van der Waals surface area contributed by atoms with Crippen LogP contribution >= 0.6 is 0 Å². The number of nitrogens with one attached hydrogen (secondary N) is 1. The van der Waals surface area contributed by atoms with Crippen molar-refractivity contribution in [3.05, 3.63) is 65.2 Å². The highest BCUT2D eigenvalue weighted by atomic mass is 16.5. The van der Waals surface area contributed by atoms with E-state index in [1.165, 1.54) is 5.56 Å². The molecule has 0 spiro atoms. The van der Waals surface area contributed by atoms with Gasteiger partial charge < -0.3 is 10.1 Å². The summed E-state index contributed by atoms with van der Waals surface area (Å²) < 4.78 is 5.60. The summed E-state index contributed by atoms with van der Waals surface area (Å²) in [5, 5.41) is 2.78. The first kappa shape index (κ1) is 16.7. The van der Waals surface area contributed by atoms with E-state index >= 15 is 0 Å². The first-order valence-electron chi connectivity index (χ1n) is 7.66. The van der Waals surface area contributed by atoms with E-state index in [2.05, 4.69) is 19.2 Å². The predicted molar refractivity (Wildman–Crippen MR) is 90.2 cm³/mol. The summed E-state index contributed by atoms with van der Waals surface area (Å²) in [5.74, 6) is 1.11. The average Bonchev–Trinajstić information content (AvgIpc) is 2.59. The first-order chi connectivity index (χ1) is 11.1. The molecule has 2 aromatic carbocycles. The maximum Gasteiger partial charge on any atom is 0.251 e. The molecule has 0 aliphatic rings. The van der Waals surface area contributed by atoms with Crippen molar-refractivity contribution in [1.29, 1.82) is 0 Å². The number of hydrogen-bond donors (Lipinski definition) is 1. The molecular formula is C19H21NO3. The van der Waals surface area contributed by atoms with Gasteiger partial charge in [0.1, 0.15) is 18.6 Å². The average molecular weight is 311 g/mol. The van der Waals surface area contributed by atoms with Crippen molar-refractivity contribution in [1.82, 2.24) is 5.32 Å². The lowest BCUT2D eigenvalue weighted by Gasteiger charge is -2.10. The quantitative estimate of drug-likeness (QED) is 0.629. The standard InChI is InChI=1S/C19H21NO3/c1-14(2)16-7-9-18(10-8-16)23-12-11-20-19(22)17-5-3-15(13-21)4-6-17/h3-10,13-14H,11-12H2,1-2H3,(H,20,22). The van der Waals surface area contributed by atoms with Gasteiger partial charge in [0, 0.05) is 11.1 Å². The number of hydrogen-bond acceptors (Lipinski definition) is 3. The van der Waals surface area contributed by atoms with Gasteiger partial charge >= 0.3 is 0 Å². The summed E-state index contributed by atoms with van der Waals surface area (Å²) in [6.45, 7) is 5.11. The van der Waals surface area contributed by atoms with Gasteiger partial charge in [-0.2, -0.15) is 0 Å². The number of ether oxygens (including phenoxy) is 1. The third kappa shape index (κ3) is 4.95. The molecule has 0 aliphatic heterocycles. The lowest BCUT2D eigenvalue weighted by Crippen LogP contribution is -2.28. The van der Waals surface area contributed by atoms with Crippen molar-refractivity contribution < 1.29 is 14.3 Å². The van der Waals surface area contributed by atoms with Crippen LogP contribution in [0.4, 0.5) is 0 Å². The molecule has 0 radical (unpaired) electrons. The third-order valence-electron chi connectivity index (χ3n) is 3.51. The van der Waals surface area contributed by atoms with E-state index in [9.17, 15) is 9.59 Å². The van der Waals surface area contributed by atoms with E-state index in [0.717, 1.165) is 12.0 Å². The number of aldehydes is 1. The van der Waals surface area contributed by atoms with E-state index in [4.69, 9.17) is 4.74 Å². The molecule has 0 bridgehead atoms. The van der Waals surface area contributed by atoms with Crippen molar-refractivity contribution in [3.63, 3.8) is 0 Å². The van der Waals surface area contributed by atoms with Crippen molar-refractivity contribution in [2.24, 2.45) is 0 Å². The second-order valence-corrected chi connectivity index (χ2v) is 5.57. The summed E-state index contributed by atoms with van der Waals surface area (Å²) in [7, 11) is 0. The monoisotopic (exact) mass is 311 g/mol. The molecule has 0 saturated carbocycles. The first-order valence-corrected chi connectivity index (χ1v) is 7.66. The summed E-state index contributed by atoms with van der Waals surface area (Å²) in [6.07, 6.45) is 0.750. The number of amides is 1. The molecule has 4 nitrogen and oxygen atoms in total. The molecule has 0 atom stereocenters. The van der Waals surface area contributed by atoms with Crippen molar-refractivity contribution >= 4 is 12.2 Å². The van der Waals surface area contributed by atoms with E-state index in [-0.39, 0.29) is 5.91 Å². The van der Waals surface area contributed by atoms with Gasteiger partial charge in [-0.25, -0.2) is 0 Å². The van der Waals surface area contributed by atoms with Gasteiger partial charge in [0.2, 0.25) is 0 Å². The van der Waals surface area contributed by atoms with Gasteiger partial charge in [-0.1, -0.05) is 38.1 Å². The number of carbonyl (C=O) groups excluding carboxylic acids is 2. The molecule has 0 heterocycles. The zero-order valence-corrected chi connectivity index (χ0v) is 13.4. The Balaban J connectivity index is 1.75. The number of carbonyl (C=O) groups is 2. The molecule has 2 aromatic rings. The maximum atomic E-state index is 11.9. The second kappa shape index (κ2) is 8.13. The van der Waals surface area contributed by atoms with E-state index < -0.39 is 0 Å². The lowest BCUT2D eigenvalue weighted by molar-refractivity contribution is 0.0946. The van der Waals surface area contributed by atoms with Crippen LogP contribution in [0.5, 0.6) is 5.75 Å². The van der Waals surface area contributed by atoms with Crippen LogP contribution in [0.1, 0.15) is 46.0 Å². The second-order valence-electron chi connectivity index (χ2n) is 5.57. The third-order valence-corrected chi connectivity index (χ3v) is 3.51. The van der Waals surface area contributed by atoms with E-state index in [0.29, 0.717) is 30.2 Å². The highest BCUT2D eigenvalue weighted by molar-refractivity contribution is 5.94. The van der Waals surface area contributed by atoms with E-state index in [1.54, 1.807) is 24.3 Å². The fourth-order valence-corrected chi connectivity index (χ4v) is 2.10. The van der Waals surface area contributed by atoms with Crippen molar-refractivity contribution in [3.8, 4) is 5.75 Å². The largest absolute Gasteiger partial charge is 0.492 e. The molecular weight excluding hydrogens is 290 g/mol. The molecule has 1 N–H and O–H groups in total. The Kier molecular flexibility index (Phi) is 5.92. The Morgan fingerprint density at radius 3 is 2.30 bits per heavy atom. The van der Waals surface area contributed by atoms with Crippen LogP contribution in [0.2, 0.25) is 0 Å². The number of rotatable bonds is 7. The van der Waals surface area contributed by atoms with Gasteiger partial charge in [-0.05, 0) is 35.7 Å². The van der Waals surface area contributed by atoms with Gasteiger partial charge in [0.05, 0.1) is 6.54 Å². The fraction of sp³-hybridized carbons (Fsp3) is 0.263. The fourth-order valence-electron chi connectivity index (χ4n) is 2.10. The Morgan fingerprint density at radius 2 is 1.74 bits per heavy atom. The Bertz CT molecular complexity index is 645. The Morgan fingerprint density at radius 1 is 1.09 bits per heavy atom. The molecule has 120 valence electrons. The highest BCUT2D eigenvalue weighted by Gasteiger charge is 2.05. The molecule has 4 heteroatoms. The van der Waals surface area contributed by atoms with Gasteiger partial charge in [-0.15, -0.1) is 0 Å². The lowest BCUT2D eigenvalue weighted by atomic mass is 10.0. The van der Waals surface area contributed by atoms with Gasteiger partial charge in [0.15, 0.2) is 0 Å². The summed E-state index contributed by atoms with van der Waals surface area (Å²) in [5.41, 5.74) is 2.34. The molecule has 0 saturated heterocycles. The van der Waals surface area contributed by atoms with Crippen molar-refractivity contribution in [2.45, 2.75) is 19.8 Å². The number of benzene rings is 2. The minimum atomic E-state index is -0.179. The molecule has 0 unspecified atom stereocenters. The van der Waals surface area contributed by atoms with Crippen LogP contribution in [-0.2, 0) is 0 Å². The van der Waals surface area contributed by atoms with E-state index in [1.807, 2.05) is 24.3 Å². The van der Waals surface area contributed by atoms with Crippen molar-refractivity contribution in [2.75, 3.05) is 13.2 Å². The summed E-state index contributed by atoms with van der Waals surface area (Å²) in [6, 6.07) is 14.5. The SMILES string of the molecule is CC(C)c1ccc(OCCNC(=O)c2ccc(C=O)cc2)cc1. The van der Waals surface area contributed by atoms with Gasteiger partial charge in [0.25, 0.3) is 5.91 Å². The minimum Gasteiger partial charge on any atom is -0.492 e. The molecule has 0 aromatic heterocycles. The van der Waals surface area contributed by atoms with Crippen LogP contribution < -0.4 is 10.1 Å². The Labute approximate surface area is 136 Å². The molecule has 0 fully saturated rings. The maximum absolute atomic E-state index is 11.9. The predicted octanol–water partition coefficient (Wildman–Crippen LogP) is 3.43. The Hall–Kier alpha value is -2.62. The van der Waals surface area contributed by atoms with Crippen LogP contribution in [0.15, 0.2) is 48.5 Å². The van der Waals surface area contributed by atoms with Crippen LogP contribution in [0.25, 0.3) is 0 Å². The van der Waals surface area contributed by atoms with Crippen LogP contribution in [0.3, 0.4) is 0 Å². The molecule has 23 heavy (non-hydrogen) atoms. The summed E-state index contributed by atoms with van der Waals surface area (Å²) >= 11 is 0. The smallest absolute Gasteiger partial charge is 0.251 e. The minimum absolute atomic E-state index is 0.179. The van der Waals surface area contributed by atoms with Gasteiger partial charge in [-0.3, -0.25) is 9.59 Å². The molecule has 2 rings (SSSR count). The molecule has 0 aliphatic carbocycles. The normalized spacial score (nSPS) is 10.4. The zero-order chi connectivity index (χ0) is 16.7. The zero-order valence-electron chi connectivity index (χ0n) is 13.4. The molecule has 1 amide bonds. The topological polar surface area (TPSA) is 55.4 Å². The van der Waals surface area contributed by atoms with Crippen LogP contribution in [0, 0.1) is 0 Å². The summed E-state index contributed by atoms with van der Waals surface area (Å²) in [4.78, 5) is 22.5. The highest BCUT2D eigenvalue weighted by Crippen LogP contribution is 2.18.